The minimum Gasteiger partial charge on any atom is -0.455 e. The number of benzene rings is 12. The molecule has 15 aromatic rings. The van der Waals surface area contributed by atoms with Crippen LogP contribution in [-0.2, 0) is 0 Å². The van der Waals surface area contributed by atoms with Crippen molar-refractivity contribution in [2.75, 3.05) is 0 Å². The molecule has 368 valence electrons. The van der Waals surface area contributed by atoms with Crippen LogP contribution in [0.1, 0.15) is 0 Å². The fourth-order valence-electron chi connectivity index (χ4n) is 13.2. The van der Waals surface area contributed by atoms with Gasteiger partial charge in [0.05, 0.1) is 45.4 Å². The summed E-state index contributed by atoms with van der Waals surface area (Å²) in [4.78, 5) is 3.83. The molecule has 0 radical (unpaired) electrons. The van der Waals surface area contributed by atoms with E-state index < -0.39 is 8.07 Å². The SMILES string of the molecule is [C-]#[N+]c1ccc2c(c1)c1ccccc1n2-c1ccc2c(c1)c1cc(-n3c4ccc(-c5ccccc5)cc4c4cc(-c5ccccc5)ccc43)ccc1n2-c1cccc2c1Oc1ccccc1[Si]2(c1ccccc1)c1ccccc1. The molecule has 0 atom stereocenters. The van der Waals surface area contributed by atoms with E-state index in [1.54, 1.807) is 0 Å². The highest BCUT2D eigenvalue weighted by Crippen LogP contribution is 2.44. The molecular weight excluding hydrogens is 977 g/mol. The summed E-state index contributed by atoms with van der Waals surface area (Å²) in [6.07, 6.45) is 0. The van der Waals surface area contributed by atoms with E-state index in [-0.39, 0.29) is 0 Å². The Morgan fingerprint density at radius 3 is 1.34 bits per heavy atom. The normalized spacial score (nSPS) is 12.7. The second kappa shape index (κ2) is 17.6. The van der Waals surface area contributed by atoms with E-state index in [4.69, 9.17) is 11.3 Å². The van der Waals surface area contributed by atoms with E-state index in [2.05, 4.69) is 285 Å². The highest BCUT2D eigenvalue weighted by molar-refractivity contribution is 7.20. The quantitative estimate of drug-likeness (QED) is 0.115. The summed E-state index contributed by atoms with van der Waals surface area (Å²) in [6, 6.07) is 102. The Hall–Kier alpha value is -10.5. The molecule has 0 unspecified atom stereocenters. The smallest absolute Gasteiger partial charge is 0.188 e. The van der Waals surface area contributed by atoms with Crippen LogP contribution < -0.4 is 25.5 Å². The van der Waals surface area contributed by atoms with Crippen molar-refractivity contribution in [3.63, 3.8) is 0 Å². The van der Waals surface area contributed by atoms with Gasteiger partial charge in [0.25, 0.3) is 0 Å². The van der Waals surface area contributed by atoms with Crippen molar-refractivity contribution >= 4 is 99.9 Å². The maximum atomic E-state index is 7.90. The van der Waals surface area contributed by atoms with Crippen LogP contribution in [0.2, 0.25) is 0 Å². The van der Waals surface area contributed by atoms with Crippen LogP contribution in [0.5, 0.6) is 11.5 Å². The summed E-state index contributed by atoms with van der Waals surface area (Å²) in [5.41, 5.74) is 15.0. The zero-order chi connectivity index (χ0) is 52.2. The van der Waals surface area contributed by atoms with Crippen LogP contribution in [0.3, 0.4) is 0 Å². The molecule has 79 heavy (non-hydrogen) atoms. The molecule has 1 aliphatic rings. The molecule has 3 aromatic heterocycles. The molecule has 0 saturated carbocycles. The molecule has 5 nitrogen and oxygen atoms in total. The number of para-hydroxylation sites is 3. The summed E-state index contributed by atoms with van der Waals surface area (Å²) >= 11 is 0. The van der Waals surface area contributed by atoms with Gasteiger partial charge >= 0.3 is 0 Å². The molecule has 4 heterocycles. The lowest BCUT2D eigenvalue weighted by Gasteiger charge is -2.40. The molecule has 6 heteroatoms. The molecule has 0 amide bonds. The Morgan fingerprint density at radius 2 is 0.759 bits per heavy atom. The number of nitrogens with zero attached hydrogens (tertiary/aromatic N) is 4. The highest BCUT2D eigenvalue weighted by Gasteiger charge is 2.48. The number of fused-ring (bicyclic) bond motifs is 11. The van der Waals surface area contributed by atoms with Gasteiger partial charge < -0.3 is 18.4 Å². The lowest BCUT2D eigenvalue weighted by molar-refractivity contribution is 0.485. The minimum absolute atomic E-state index is 0.627. The Bertz CT molecular complexity index is 4860. The van der Waals surface area contributed by atoms with Crippen molar-refractivity contribution in [2.45, 2.75) is 0 Å². The Balaban J connectivity index is 0.988. The Kier molecular flexibility index (Phi) is 9.95. The topological polar surface area (TPSA) is 28.4 Å². The van der Waals surface area contributed by atoms with E-state index in [1.165, 1.54) is 53.8 Å². The van der Waals surface area contributed by atoms with Gasteiger partial charge in [-0.25, -0.2) is 4.85 Å². The van der Waals surface area contributed by atoms with Crippen molar-refractivity contribution in [2.24, 2.45) is 0 Å². The van der Waals surface area contributed by atoms with Crippen LogP contribution in [0.15, 0.2) is 279 Å². The van der Waals surface area contributed by atoms with Crippen molar-refractivity contribution < 1.29 is 4.74 Å². The summed E-state index contributed by atoms with van der Waals surface area (Å²) in [7, 11) is -2.97. The van der Waals surface area contributed by atoms with Gasteiger partial charge in [-0.05, 0) is 139 Å². The fourth-order valence-corrected chi connectivity index (χ4v) is 18.1. The molecule has 0 fully saturated rings. The van der Waals surface area contributed by atoms with Crippen LogP contribution in [0.25, 0.3) is 110 Å². The summed E-state index contributed by atoms with van der Waals surface area (Å²) < 4.78 is 14.6. The number of hydrogen-bond acceptors (Lipinski definition) is 1. The maximum absolute atomic E-state index is 7.90. The second-order valence-electron chi connectivity index (χ2n) is 20.7. The molecule has 16 rings (SSSR count). The third kappa shape index (κ3) is 6.67. The van der Waals surface area contributed by atoms with Gasteiger partial charge in [0.15, 0.2) is 19.5 Å². The number of hydrogen-bond donors (Lipinski definition) is 0. The van der Waals surface area contributed by atoms with Crippen molar-refractivity contribution in [3.8, 4) is 50.8 Å². The Morgan fingerprint density at radius 1 is 0.316 bits per heavy atom. The maximum Gasteiger partial charge on any atom is 0.188 e. The Labute approximate surface area is 457 Å². The lowest BCUT2D eigenvalue weighted by Crippen LogP contribution is -2.76. The predicted octanol–water partition coefficient (Wildman–Crippen LogP) is 16.3. The first-order valence-electron chi connectivity index (χ1n) is 26.8. The fraction of sp³-hybridized carbons (Fsp3) is 0. The molecule has 0 bridgehead atoms. The average molecular weight is 1020 g/mol. The van der Waals surface area contributed by atoms with E-state index >= 15 is 0 Å². The minimum atomic E-state index is -2.97. The second-order valence-corrected chi connectivity index (χ2v) is 24.4. The third-order valence-electron chi connectivity index (χ3n) is 16.6. The highest BCUT2D eigenvalue weighted by atomic mass is 28.3. The first-order valence-corrected chi connectivity index (χ1v) is 28.8. The molecule has 0 N–H and O–H groups in total. The molecular formula is C73H46N4OSi. The average Bonchev–Trinajstić information content (AvgIpc) is 4.26. The summed E-state index contributed by atoms with van der Waals surface area (Å²) in [6.45, 7) is 7.90. The molecule has 0 aliphatic carbocycles. The van der Waals surface area contributed by atoms with Crippen LogP contribution in [0.4, 0.5) is 5.69 Å². The first-order chi connectivity index (χ1) is 39.1. The zero-order valence-corrected chi connectivity index (χ0v) is 43.8. The van der Waals surface area contributed by atoms with Gasteiger partial charge in [-0.1, -0.05) is 188 Å². The first kappa shape index (κ1) is 44.8. The molecule has 12 aromatic carbocycles. The van der Waals surface area contributed by atoms with Gasteiger partial charge in [-0.15, -0.1) is 0 Å². The van der Waals surface area contributed by atoms with Crippen LogP contribution >= 0.6 is 0 Å². The van der Waals surface area contributed by atoms with Gasteiger partial charge in [0.1, 0.15) is 5.75 Å². The monoisotopic (exact) mass is 1020 g/mol. The van der Waals surface area contributed by atoms with E-state index in [0.717, 1.165) is 83.2 Å². The van der Waals surface area contributed by atoms with Crippen LogP contribution in [0, 0.1) is 6.57 Å². The van der Waals surface area contributed by atoms with E-state index in [0.29, 0.717) is 5.69 Å². The van der Waals surface area contributed by atoms with Crippen molar-refractivity contribution in [3.05, 3.63) is 290 Å². The van der Waals surface area contributed by atoms with Gasteiger partial charge in [0, 0.05) is 38.3 Å². The largest absolute Gasteiger partial charge is 0.455 e. The molecule has 1 aliphatic heterocycles. The van der Waals surface area contributed by atoms with Crippen LogP contribution in [-0.4, -0.2) is 21.8 Å². The zero-order valence-electron chi connectivity index (χ0n) is 42.8. The van der Waals surface area contributed by atoms with Crippen molar-refractivity contribution in [1.29, 1.82) is 0 Å². The number of ether oxygens (including phenoxy) is 1. The third-order valence-corrected chi connectivity index (χ3v) is 21.4. The summed E-state index contributed by atoms with van der Waals surface area (Å²) in [5.74, 6) is 1.76. The molecule has 0 saturated heterocycles. The predicted molar refractivity (Wildman–Crippen MR) is 330 cm³/mol. The van der Waals surface area contributed by atoms with Gasteiger partial charge in [-0.3, -0.25) is 0 Å². The summed E-state index contributed by atoms with van der Waals surface area (Å²) in [5, 5.41) is 11.9. The standard InChI is InChI=1S/C73H46N4OSi/c1-74-52-35-40-66-60(45-52)57-27-14-15-28-63(57)75(66)53-36-41-67-61(46-53)62-47-54(76-64-38-33-50(48-19-6-2-7-20-48)43-58(64)59-44-51(34-39-65(59)76)49-21-8-3-9-22-49)37-42-68(62)77(67)69-29-18-32-72-73(69)78-70-30-16-17-31-71(70)79(72,55-23-10-4-11-24-55)56-25-12-5-13-26-56/h2-47H. The number of rotatable bonds is 7. The lowest BCUT2D eigenvalue weighted by atomic mass is 10.0. The van der Waals surface area contributed by atoms with Crippen molar-refractivity contribution in [1.82, 2.24) is 13.7 Å². The van der Waals surface area contributed by atoms with E-state index in [1.807, 2.05) is 12.1 Å². The van der Waals surface area contributed by atoms with E-state index in [9.17, 15) is 0 Å². The van der Waals surface area contributed by atoms with Gasteiger partial charge in [-0.2, -0.15) is 0 Å². The van der Waals surface area contributed by atoms with Gasteiger partial charge in [0.2, 0.25) is 0 Å². The number of aromatic nitrogens is 3. The molecule has 0 spiro atoms.